The zero-order valence-electron chi connectivity index (χ0n) is 19.8. The van der Waals surface area contributed by atoms with Crippen molar-refractivity contribution in [2.45, 2.75) is 13.5 Å². The van der Waals surface area contributed by atoms with Crippen LogP contribution in [0.4, 0.5) is 10.1 Å². The van der Waals surface area contributed by atoms with Crippen molar-refractivity contribution in [3.8, 4) is 22.6 Å². The summed E-state index contributed by atoms with van der Waals surface area (Å²) in [7, 11) is 1.57. The molecule has 1 aromatic heterocycles. The molecule has 2 heterocycles. The van der Waals surface area contributed by atoms with Crippen molar-refractivity contribution in [3.05, 3.63) is 88.0 Å². The highest BCUT2D eigenvalue weighted by atomic mass is 19.1. The number of nitrogens with zero attached hydrogens (tertiary/aromatic N) is 2. The van der Waals surface area contributed by atoms with Crippen LogP contribution in [0.15, 0.2) is 69.9 Å². The largest absolute Gasteiger partial charge is 0.507 e. The SMILES string of the molecule is COc1ccccc1-c1c(C)oc2c(CN3CCN(c4ccc(F)cc4)CC3)c(O)ccc2c1=O. The fourth-order valence-corrected chi connectivity index (χ4v) is 4.77. The summed E-state index contributed by atoms with van der Waals surface area (Å²) in [4.78, 5) is 18.0. The highest BCUT2D eigenvalue weighted by Crippen LogP contribution is 2.34. The van der Waals surface area contributed by atoms with Gasteiger partial charge in [-0.2, -0.15) is 0 Å². The van der Waals surface area contributed by atoms with E-state index in [1.54, 1.807) is 38.3 Å². The van der Waals surface area contributed by atoms with E-state index in [4.69, 9.17) is 9.15 Å². The van der Waals surface area contributed by atoms with Crippen LogP contribution in [-0.4, -0.2) is 43.3 Å². The van der Waals surface area contributed by atoms with Gasteiger partial charge in [0.1, 0.15) is 28.7 Å². The molecule has 0 bridgehead atoms. The average Bonchev–Trinajstić information content (AvgIpc) is 2.87. The summed E-state index contributed by atoms with van der Waals surface area (Å²) in [5.74, 6) is 0.927. The number of phenolic OH excluding ortho intramolecular Hbond substituents is 1. The second-order valence-electron chi connectivity index (χ2n) is 8.74. The maximum atomic E-state index is 13.6. The van der Waals surface area contributed by atoms with Crippen LogP contribution in [0, 0.1) is 12.7 Å². The van der Waals surface area contributed by atoms with E-state index in [1.165, 1.54) is 12.1 Å². The molecule has 0 atom stereocenters. The molecule has 4 aromatic rings. The van der Waals surface area contributed by atoms with E-state index in [-0.39, 0.29) is 17.0 Å². The number of phenols is 1. The van der Waals surface area contributed by atoms with Gasteiger partial charge in [0.2, 0.25) is 5.43 Å². The molecule has 1 N–H and O–H groups in total. The molecule has 0 amide bonds. The number of ether oxygens (including phenoxy) is 1. The number of hydrogen-bond donors (Lipinski definition) is 1. The molecule has 0 saturated carbocycles. The summed E-state index contributed by atoms with van der Waals surface area (Å²) in [6, 6.07) is 17.1. The Morgan fingerprint density at radius 2 is 1.71 bits per heavy atom. The van der Waals surface area contributed by atoms with Crippen LogP contribution in [0.1, 0.15) is 11.3 Å². The third-order valence-corrected chi connectivity index (χ3v) is 6.64. The summed E-state index contributed by atoms with van der Waals surface area (Å²) in [6.45, 7) is 5.29. The molecule has 1 saturated heterocycles. The summed E-state index contributed by atoms with van der Waals surface area (Å²) in [5.41, 5.74) is 2.98. The summed E-state index contributed by atoms with van der Waals surface area (Å²) in [5, 5.41) is 11.1. The smallest absolute Gasteiger partial charge is 0.200 e. The van der Waals surface area contributed by atoms with Gasteiger partial charge in [-0.1, -0.05) is 18.2 Å². The van der Waals surface area contributed by atoms with E-state index in [9.17, 15) is 14.3 Å². The van der Waals surface area contributed by atoms with Gasteiger partial charge < -0.3 is 19.2 Å². The van der Waals surface area contributed by atoms with Crippen molar-refractivity contribution in [2.75, 3.05) is 38.2 Å². The van der Waals surface area contributed by atoms with Crippen molar-refractivity contribution < 1.29 is 18.7 Å². The molecule has 3 aromatic carbocycles. The van der Waals surface area contributed by atoms with E-state index in [1.807, 2.05) is 24.3 Å². The molecule has 5 rings (SSSR count). The van der Waals surface area contributed by atoms with Crippen LogP contribution in [0.2, 0.25) is 0 Å². The molecule has 0 unspecified atom stereocenters. The molecule has 35 heavy (non-hydrogen) atoms. The minimum atomic E-state index is -0.246. The Hall–Kier alpha value is -3.84. The molecule has 7 heteroatoms. The highest BCUT2D eigenvalue weighted by Gasteiger charge is 2.23. The predicted molar refractivity (Wildman–Crippen MR) is 135 cm³/mol. The maximum Gasteiger partial charge on any atom is 0.200 e. The number of methoxy groups -OCH3 is 1. The third kappa shape index (κ3) is 4.35. The Kier molecular flexibility index (Phi) is 6.17. The zero-order chi connectivity index (χ0) is 24.5. The summed E-state index contributed by atoms with van der Waals surface area (Å²) in [6.07, 6.45) is 0. The van der Waals surface area contributed by atoms with E-state index in [0.717, 1.165) is 31.9 Å². The molecule has 180 valence electrons. The number of piperazine rings is 1. The molecule has 0 spiro atoms. The molecular weight excluding hydrogens is 447 g/mol. The number of aromatic hydroxyl groups is 1. The van der Waals surface area contributed by atoms with Crippen LogP contribution in [0.25, 0.3) is 22.1 Å². The van der Waals surface area contributed by atoms with Crippen molar-refractivity contribution in [2.24, 2.45) is 0 Å². The van der Waals surface area contributed by atoms with E-state index in [2.05, 4.69) is 9.80 Å². The first-order valence-electron chi connectivity index (χ1n) is 11.6. The van der Waals surface area contributed by atoms with Gasteiger partial charge in [-0.3, -0.25) is 9.69 Å². The lowest BCUT2D eigenvalue weighted by Gasteiger charge is -2.36. The number of fused-ring (bicyclic) bond motifs is 1. The van der Waals surface area contributed by atoms with Gasteiger partial charge in [0.25, 0.3) is 0 Å². The molecule has 0 aliphatic carbocycles. The lowest BCUT2D eigenvalue weighted by molar-refractivity contribution is 0.246. The molecular formula is C28H27FN2O4. The molecule has 1 aliphatic heterocycles. The van der Waals surface area contributed by atoms with E-state index in [0.29, 0.717) is 45.7 Å². The molecule has 1 fully saturated rings. The Labute approximate surface area is 202 Å². The number of halogens is 1. The van der Waals surface area contributed by atoms with Crippen molar-refractivity contribution in [3.63, 3.8) is 0 Å². The zero-order valence-corrected chi connectivity index (χ0v) is 19.8. The van der Waals surface area contributed by atoms with Crippen molar-refractivity contribution in [1.82, 2.24) is 4.90 Å². The minimum Gasteiger partial charge on any atom is -0.507 e. The second kappa shape index (κ2) is 9.43. The lowest BCUT2D eigenvalue weighted by Crippen LogP contribution is -2.46. The monoisotopic (exact) mass is 474 g/mol. The molecule has 1 aliphatic rings. The van der Waals surface area contributed by atoms with Crippen LogP contribution in [0.3, 0.4) is 0 Å². The first-order valence-corrected chi connectivity index (χ1v) is 11.6. The number of aryl methyl sites for hydroxylation is 1. The second-order valence-corrected chi connectivity index (χ2v) is 8.74. The van der Waals surface area contributed by atoms with Crippen LogP contribution >= 0.6 is 0 Å². The van der Waals surface area contributed by atoms with Crippen LogP contribution in [-0.2, 0) is 6.54 Å². The normalized spacial score (nSPS) is 14.4. The standard InChI is InChI=1S/C28H27FN2O4/c1-18-26(21-5-3-4-6-25(21)34-2)27(33)22-11-12-24(32)23(28(22)35-18)17-30-13-15-31(16-14-30)20-9-7-19(29)8-10-20/h3-12,32H,13-17H2,1-2H3. The van der Waals surface area contributed by atoms with Crippen molar-refractivity contribution in [1.29, 1.82) is 0 Å². The third-order valence-electron chi connectivity index (χ3n) is 6.64. The number of anilines is 1. The van der Waals surface area contributed by atoms with Gasteiger partial charge in [0, 0.05) is 44.0 Å². The lowest BCUT2D eigenvalue weighted by atomic mass is 10.00. The minimum absolute atomic E-state index is 0.103. The van der Waals surface area contributed by atoms with E-state index >= 15 is 0 Å². The first kappa shape index (κ1) is 22.9. The topological polar surface area (TPSA) is 66.2 Å². The van der Waals surface area contributed by atoms with Gasteiger partial charge in [-0.15, -0.1) is 0 Å². The van der Waals surface area contributed by atoms with E-state index < -0.39 is 0 Å². The van der Waals surface area contributed by atoms with Gasteiger partial charge in [-0.05, 0) is 49.4 Å². The van der Waals surface area contributed by atoms with Gasteiger partial charge in [0.15, 0.2) is 0 Å². The quantitative estimate of drug-likeness (QED) is 0.442. The summed E-state index contributed by atoms with van der Waals surface area (Å²) < 4.78 is 24.9. The number of para-hydroxylation sites is 1. The maximum absolute atomic E-state index is 13.6. The predicted octanol–water partition coefficient (Wildman–Crippen LogP) is 4.94. The fraction of sp³-hybridized carbons (Fsp3) is 0.250. The van der Waals surface area contributed by atoms with Crippen LogP contribution < -0.4 is 15.1 Å². The first-order chi connectivity index (χ1) is 17.0. The fourth-order valence-electron chi connectivity index (χ4n) is 4.77. The summed E-state index contributed by atoms with van der Waals surface area (Å²) >= 11 is 0. The van der Waals surface area contributed by atoms with Gasteiger partial charge >= 0.3 is 0 Å². The highest BCUT2D eigenvalue weighted by molar-refractivity contribution is 5.87. The Morgan fingerprint density at radius 3 is 2.43 bits per heavy atom. The number of hydrogen-bond acceptors (Lipinski definition) is 6. The Morgan fingerprint density at radius 1 is 1.00 bits per heavy atom. The van der Waals surface area contributed by atoms with Gasteiger partial charge in [-0.25, -0.2) is 4.39 Å². The van der Waals surface area contributed by atoms with Crippen molar-refractivity contribution >= 4 is 16.7 Å². The molecule has 0 radical (unpaired) electrons. The van der Waals surface area contributed by atoms with Gasteiger partial charge in [0.05, 0.1) is 23.6 Å². The Bertz CT molecular complexity index is 1420. The molecule has 6 nitrogen and oxygen atoms in total. The number of rotatable bonds is 5. The average molecular weight is 475 g/mol. The van der Waals surface area contributed by atoms with Crippen LogP contribution in [0.5, 0.6) is 11.5 Å². The number of benzene rings is 3. The Balaban J connectivity index is 1.45.